The lowest BCUT2D eigenvalue weighted by atomic mass is 9.86. The van der Waals surface area contributed by atoms with Gasteiger partial charge < -0.3 is 10.0 Å². The van der Waals surface area contributed by atoms with Gasteiger partial charge in [-0.3, -0.25) is 4.90 Å². The number of aliphatic hydroxyl groups excluding tert-OH is 1. The highest BCUT2D eigenvalue weighted by atomic mass is 16.3. The third-order valence-electron chi connectivity index (χ3n) is 4.73. The zero-order chi connectivity index (χ0) is 13.0. The van der Waals surface area contributed by atoms with E-state index in [0.717, 1.165) is 19.0 Å². The van der Waals surface area contributed by atoms with Crippen molar-refractivity contribution in [3.63, 3.8) is 0 Å². The van der Waals surface area contributed by atoms with E-state index in [9.17, 15) is 5.11 Å². The molecule has 2 heterocycles. The van der Waals surface area contributed by atoms with Crippen molar-refractivity contribution in [2.45, 2.75) is 52.0 Å². The summed E-state index contributed by atoms with van der Waals surface area (Å²) in [6.07, 6.45) is 6.35. The van der Waals surface area contributed by atoms with E-state index in [1.54, 1.807) is 0 Å². The fourth-order valence-electron chi connectivity index (χ4n) is 3.78. The normalized spacial score (nSPS) is 29.8. The van der Waals surface area contributed by atoms with Crippen LogP contribution in [-0.4, -0.2) is 60.3 Å². The van der Waals surface area contributed by atoms with Crippen LogP contribution in [0, 0.1) is 5.41 Å². The second-order valence-corrected chi connectivity index (χ2v) is 6.64. The summed E-state index contributed by atoms with van der Waals surface area (Å²) in [5.41, 5.74) is 0.0997. The molecule has 0 aromatic rings. The Labute approximate surface area is 112 Å². The van der Waals surface area contributed by atoms with Crippen LogP contribution in [0.1, 0.15) is 46.0 Å². The first-order valence-corrected chi connectivity index (χ1v) is 7.74. The standard InChI is InChI=1S/C15H30N2O/c1-3-7-15(2,13-18)12-16-8-5-10-17-9-4-6-14(17)11-16/h14,18H,3-13H2,1-2H3. The summed E-state index contributed by atoms with van der Waals surface area (Å²) in [4.78, 5) is 5.29. The minimum Gasteiger partial charge on any atom is -0.396 e. The topological polar surface area (TPSA) is 26.7 Å². The molecule has 0 aliphatic carbocycles. The van der Waals surface area contributed by atoms with Crippen LogP contribution < -0.4 is 0 Å². The third kappa shape index (κ3) is 3.46. The van der Waals surface area contributed by atoms with E-state index in [2.05, 4.69) is 23.6 Å². The molecule has 3 heteroatoms. The van der Waals surface area contributed by atoms with E-state index in [-0.39, 0.29) is 5.41 Å². The van der Waals surface area contributed by atoms with Gasteiger partial charge in [-0.25, -0.2) is 0 Å². The summed E-state index contributed by atoms with van der Waals surface area (Å²) in [6, 6.07) is 0.789. The fourth-order valence-corrected chi connectivity index (χ4v) is 3.78. The Hall–Kier alpha value is -0.120. The summed E-state index contributed by atoms with van der Waals surface area (Å²) in [6.45, 7) is 10.9. The number of rotatable bonds is 5. The minimum atomic E-state index is 0.0997. The van der Waals surface area contributed by atoms with Gasteiger partial charge >= 0.3 is 0 Å². The van der Waals surface area contributed by atoms with Gasteiger partial charge in [-0.15, -0.1) is 0 Å². The van der Waals surface area contributed by atoms with Gasteiger partial charge in [-0.2, -0.15) is 0 Å². The van der Waals surface area contributed by atoms with Crippen LogP contribution in [0.25, 0.3) is 0 Å². The van der Waals surface area contributed by atoms with Gasteiger partial charge in [0, 0.05) is 31.2 Å². The molecule has 0 aromatic heterocycles. The Morgan fingerprint density at radius 1 is 1.22 bits per heavy atom. The van der Waals surface area contributed by atoms with E-state index < -0.39 is 0 Å². The average Bonchev–Trinajstić information content (AvgIpc) is 2.69. The molecule has 2 atom stereocenters. The summed E-state index contributed by atoms with van der Waals surface area (Å²) in [5.74, 6) is 0. The van der Waals surface area contributed by atoms with Gasteiger partial charge in [0.15, 0.2) is 0 Å². The maximum absolute atomic E-state index is 9.67. The Balaban J connectivity index is 1.91. The van der Waals surface area contributed by atoms with Crippen LogP contribution in [-0.2, 0) is 0 Å². The van der Waals surface area contributed by atoms with Gasteiger partial charge in [0.25, 0.3) is 0 Å². The van der Waals surface area contributed by atoms with Crippen LogP contribution in [0.5, 0.6) is 0 Å². The van der Waals surface area contributed by atoms with Gasteiger partial charge in [0.1, 0.15) is 0 Å². The van der Waals surface area contributed by atoms with E-state index in [4.69, 9.17) is 0 Å². The molecule has 1 N–H and O–H groups in total. The highest BCUT2D eigenvalue weighted by Gasteiger charge is 2.32. The Morgan fingerprint density at radius 3 is 2.72 bits per heavy atom. The Morgan fingerprint density at radius 2 is 2.00 bits per heavy atom. The molecule has 18 heavy (non-hydrogen) atoms. The SMILES string of the molecule is CCCC(C)(CO)CN1CCCN2CCCC2C1. The molecule has 2 aliphatic rings. The van der Waals surface area contributed by atoms with E-state index in [0.29, 0.717) is 6.61 Å². The maximum Gasteiger partial charge on any atom is 0.0497 e. The smallest absolute Gasteiger partial charge is 0.0497 e. The molecule has 2 unspecified atom stereocenters. The van der Waals surface area contributed by atoms with Crippen molar-refractivity contribution in [2.24, 2.45) is 5.41 Å². The lowest BCUT2D eigenvalue weighted by Crippen LogP contribution is -2.42. The summed E-state index contributed by atoms with van der Waals surface area (Å²) < 4.78 is 0. The second kappa shape index (κ2) is 6.36. The molecule has 2 fully saturated rings. The van der Waals surface area contributed by atoms with E-state index in [1.807, 2.05) is 0 Å². The van der Waals surface area contributed by atoms with Gasteiger partial charge in [0.05, 0.1) is 0 Å². The van der Waals surface area contributed by atoms with Crippen LogP contribution in [0.2, 0.25) is 0 Å². The number of hydrogen-bond donors (Lipinski definition) is 1. The van der Waals surface area contributed by atoms with Crippen molar-refractivity contribution in [3.8, 4) is 0 Å². The van der Waals surface area contributed by atoms with Crippen LogP contribution in [0.4, 0.5) is 0 Å². The monoisotopic (exact) mass is 254 g/mol. The molecular formula is C15H30N2O. The number of hydrogen-bond acceptors (Lipinski definition) is 3. The molecule has 0 spiro atoms. The highest BCUT2D eigenvalue weighted by molar-refractivity contribution is 4.87. The largest absolute Gasteiger partial charge is 0.396 e. The van der Waals surface area contributed by atoms with Crippen molar-refractivity contribution >= 4 is 0 Å². The number of nitrogens with zero attached hydrogens (tertiary/aromatic N) is 2. The first kappa shape index (κ1) is 14.3. The van der Waals surface area contributed by atoms with Gasteiger partial charge in [-0.05, 0) is 45.3 Å². The number of aliphatic hydroxyl groups is 1. The molecule has 106 valence electrons. The molecule has 0 radical (unpaired) electrons. The summed E-state index contributed by atoms with van der Waals surface area (Å²) in [7, 11) is 0. The van der Waals surface area contributed by atoms with Gasteiger partial charge in [0.2, 0.25) is 0 Å². The fraction of sp³-hybridized carbons (Fsp3) is 1.00. The van der Waals surface area contributed by atoms with Crippen LogP contribution in [0.15, 0.2) is 0 Å². The maximum atomic E-state index is 9.67. The van der Waals surface area contributed by atoms with Crippen molar-refractivity contribution in [1.82, 2.24) is 9.80 Å². The Bertz CT molecular complexity index is 259. The molecule has 2 rings (SSSR count). The molecule has 0 bridgehead atoms. The first-order valence-electron chi connectivity index (χ1n) is 7.74. The second-order valence-electron chi connectivity index (χ2n) is 6.64. The summed E-state index contributed by atoms with van der Waals surface area (Å²) >= 11 is 0. The third-order valence-corrected chi connectivity index (χ3v) is 4.73. The molecule has 2 saturated heterocycles. The zero-order valence-electron chi connectivity index (χ0n) is 12.2. The minimum absolute atomic E-state index is 0.0997. The zero-order valence-corrected chi connectivity index (χ0v) is 12.2. The predicted molar refractivity (Wildman–Crippen MR) is 75.8 cm³/mol. The van der Waals surface area contributed by atoms with Crippen molar-refractivity contribution in [1.29, 1.82) is 0 Å². The van der Waals surface area contributed by atoms with Crippen molar-refractivity contribution < 1.29 is 5.11 Å². The molecule has 2 aliphatic heterocycles. The number of fused-ring (bicyclic) bond motifs is 1. The molecule has 0 saturated carbocycles. The predicted octanol–water partition coefficient (Wildman–Crippen LogP) is 1.96. The van der Waals surface area contributed by atoms with Crippen molar-refractivity contribution in [3.05, 3.63) is 0 Å². The van der Waals surface area contributed by atoms with Gasteiger partial charge in [-0.1, -0.05) is 20.3 Å². The van der Waals surface area contributed by atoms with E-state index in [1.165, 1.54) is 51.9 Å². The van der Waals surface area contributed by atoms with Crippen LogP contribution in [0.3, 0.4) is 0 Å². The Kier molecular flexibility index (Phi) is 5.05. The quantitative estimate of drug-likeness (QED) is 0.812. The average molecular weight is 254 g/mol. The highest BCUT2D eigenvalue weighted by Crippen LogP contribution is 2.27. The molecular weight excluding hydrogens is 224 g/mol. The summed E-state index contributed by atoms with van der Waals surface area (Å²) in [5, 5.41) is 9.67. The molecule has 0 amide bonds. The van der Waals surface area contributed by atoms with Crippen LogP contribution >= 0.6 is 0 Å². The lowest BCUT2D eigenvalue weighted by Gasteiger charge is -2.34. The van der Waals surface area contributed by atoms with Crippen molar-refractivity contribution in [2.75, 3.05) is 39.3 Å². The van der Waals surface area contributed by atoms with E-state index >= 15 is 0 Å². The first-order chi connectivity index (χ1) is 8.67. The molecule has 0 aromatic carbocycles. The molecule has 3 nitrogen and oxygen atoms in total. The lowest BCUT2D eigenvalue weighted by molar-refractivity contribution is 0.0763.